The molecule has 1 fully saturated rings. The molecule has 0 bridgehead atoms. The van der Waals surface area contributed by atoms with Crippen molar-refractivity contribution in [2.75, 3.05) is 18.0 Å². The molecule has 0 amide bonds. The Kier molecular flexibility index (Phi) is 10.4. The maximum Gasteiger partial charge on any atom is 0.363 e. The van der Waals surface area contributed by atoms with Gasteiger partial charge in [-0.2, -0.15) is 13.1 Å². The summed E-state index contributed by atoms with van der Waals surface area (Å²) in [7, 11) is -2.62. The second-order valence-corrected chi connectivity index (χ2v) is 17.8. The van der Waals surface area contributed by atoms with E-state index in [1.807, 2.05) is 79.8 Å². The van der Waals surface area contributed by atoms with E-state index in [0.717, 1.165) is 27.1 Å². The fourth-order valence-corrected chi connectivity index (χ4v) is 10.9. The topological polar surface area (TPSA) is 119 Å². The maximum atomic E-state index is 13.9. The predicted octanol–water partition coefficient (Wildman–Crippen LogP) is 6.83. The van der Waals surface area contributed by atoms with Gasteiger partial charge in [0, 0.05) is 50.0 Å². The lowest BCUT2D eigenvalue weighted by atomic mass is 10.1. The number of para-hydroxylation sites is 1. The first-order chi connectivity index (χ1) is 27.2. The van der Waals surface area contributed by atoms with Crippen molar-refractivity contribution in [3.63, 3.8) is 0 Å². The number of hydrogen-bond donors (Lipinski definition) is 1. The van der Waals surface area contributed by atoms with E-state index in [0.29, 0.717) is 63.2 Å². The molecule has 6 aromatic rings. The molecule has 2 aliphatic rings. The summed E-state index contributed by atoms with van der Waals surface area (Å²) in [6.45, 7) is 8.11. The first-order valence-electron chi connectivity index (χ1n) is 18.2. The van der Waals surface area contributed by atoms with Gasteiger partial charge in [-0.05, 0) is 51.1 Å². The van der Waals surface area contributed by atoms with Crippen LogP contribution in [0.1, 0.15) is 33.0 Å². The van der Waals surface area contributed by atoms with Crippen molar-refractivity contribution in [3.05, 3.63) is 119 Å². The number of aryl methyl sites for hydroxylation is 3. The summed E-state index contributed by atoms with van der Waals surface area (Å²) in [5.74, 6) is 1.40. The highest BCUT2D eigenvalue weighted by atomic mass is 35.5. The van der Waals surface area contributed by atoms with Crippen molar-refractivity contribution in [2.45, 2.75) is 45.7 Å². The molecule has 2 atom stereocenters. The molecule has 296 valence electrons. The normalized spacial score (nSPS) is 20.1. The summed E-state index contributed by atoms with van der Waals surface area (Å²) < 4.78 is 50.5. The number of hydrogen-bond acceptors (Lipinski definition) is 7. The third kappa shape index (κ3) is 6.41. The van der Waals surface area contributed by atoms with Gasteiger partial charge in [-0.1, -0.05) is 69.9 Å². The van der Waals surface area contributed by atoms with Crippen LogP contribution < -0.4 is 35.3 Å². The number of aromatic nitrogens is 4. The number of imidazole rings is 1. The van der Waals surface area contributed by atoms with Gasteiger partial charge in [0.05, 0.1) is 56.4 Å². The molecule has 57 heavy (non-hydrogen) atoms. The molecule has 1 spiro atoms. The minimum Gasteiger partial charge on any atom is -0.403 e. The predicted molar refractivity (Wildman–Crippen MR) is 230 cm³/mol. The zero-order valence-electron chi connectivity index (χ0n) is 31.2. The Morgan fingerprint density at radius 3 is 2.37 bits per heavy atom. The maximum absolute atomic E-state index is 13.9. The van der Waals surface area contributed by atoms with Gasteiger partial charge < -0.3 is 8.98 Å². The van der Waals surface area contributed by atoms with Gasteiger partial charge in [0.2, 0.25) is 21.5 Å². The van der Waals surface area contributed by atoms with Crippen molar-refractivity contribution in [2.24, 2.45) is 12.1 Å². The van der Waals surface area contributed by atoms with Crippen LogP contribution in [0.4, 0.5) is 11.4 Å². The number of thiazole rings is 1. The molecular weight excluding hydrogens is 852 g/mol. The highest BCUT2D eigenvalue weighted by Gasteiger charge is 2.63. The van der Waals surface area contributed by atoms with Crippen molar-refractivity contribution in [3.8, 4) is 0 Å². The van der Waals surface area contributed by atoms with Crippen molar-refractivity contribution in [1.82, 2.24) is 18.3 Å². The zero-order valence-corrected chi connectivity index (χ0v) is 35.8. The minimum atomic E-state index is -4.52. The van der Waals surface area contributed by atoms with Gasteiger partial charge in [0.1, 0.15) is 5.69 Å². The molecule has 3 aromatic carbocycles. The third-order valence-electron chi connectivity index (χ3n) is 10.7. The molecule has 3 aromatic heterocycles. The van der Waals surface area contributed by atoms with E-state index in [9.17, 15) is 17.8 Å². The number of halogens is 4. The van der Waals surface area contributed by atoms with Gasteiger partial charge in [-0.15, -0.1) is 5.10 Å². The zero-order chi connectivity index (χ0) is 40.6. The molecular formula is C39H37Cl4N7O5S2+2. The largest absolute Gasteiger partial charge is 0.403 e. The SMILES string of the molecule is CCN1C(=CC=c2c(=O)oc(=CC=Cc3n(CC)c4cc(Cl)c(Cl)cc4[n+]3CC)n2/N=c2\sc3ccccc3n2C)[N+]2(CCC2S(=O)(=O)O)c2cc(Cl)c(Cl)cc21. The summed E-state index contributed by atoms with van der Waals surface area (Å²) in [5.41, 5.74) is 3.54. The molecule has 0 aliphatic carbocycles. The van der Waals surface area contributed by atoms with E-state index in [1.165, 1.54) is 16.0 Å². The average Bonchev–Trinajstić information content (AvgIpc) is 3.82. The quantitative estimate of drug-likeness (QED) is 0.102. The minimum absolute atomic E-state index is 0.0836. The molecule has 18 heteroatoms. The van der Waals surface area contributed by atoms with Crippen LogP contribution in [0.25, 0.3) is 39.5 Å². The van der Waals surface area contributed by atoms with Crippen LogP contribution in [-0.2, 0) is 30.3 Å². The molecule has 0 saturated carbocycles. The summed E-state index contributed by atoms with van der Waals surface area (Å²) in [5, 5.41) is 5.33. The number of fused-ring (bicyclic) bond motifs is 4. The summed E-state index contributed by atoms with van der Waals surface area (Å²) in [6, 6.07) is 14.9. The van der Waals surface area contributed by atoms with E-state index >= 15 is 0 Å². The van der Waals surface area contributed by atoms with Crippen LogP contribution in [0.5, 0.6) is 0 Å². The lowest BCUT2D eigenvalue weighted by molar-refractivity contribution is -0.670. The number of benzene rings is 3. The van der Waals surface area contributed by atoms with Crippen LogP contribution in [0.3, 0.4) is 0 Å². The van der Waals surface area contributed by atoms with Crippen LogP contribution >= 0.6 is 57.7 Å². The van der Waals surface area contributed by atoms with Gasteiger partial charge in [-0.25, -0.2) is 18.4 Å². The fraction of sp³-hybridized carbons (Fsp3) is 0.256. The molecule has 2 unspecified atom stereocenters. The Hall–Kier alpha value is -4.12. The number of anilines is 1. The number of allylic oxidation sites excluding steroid dienone is 2. The standard InChI is InChI=1S/C39H36Cl4N7O5S2/c1-5-46-29-19-23(40)24(41)20-30(29)47(6-2)34(46)13-10-14-36-49(44-39-45(4)27-11-8-9-12-33(27)56-39)28(38(51)55-36)15-16-35-48(7-3)31-21-25(42)26(43)22-32(31)50(35)18-17-37(50)57(52,53)54/h8-16,19-22,37H,5-7,17-18H2,1-4H3/q+1/p+1/b28-15?,35-16?,44-39-. The van der Waals surface area contributed by atoms with Gasteiger partial charge in [-0.3, -0.25) is 9.45 Å². The average molecular weight is 890 g/mol. The summed E-state index contributed by atoms with van der Waals surface area (Å²) in [4.78, 5) is 16.4. The molecule has 5 heterocycles. The first-order valence-corrected chi connectivity index (χ1v) is 22.0. The Balaban J connectivity index is 1.36. The van der Waals surface area contributed by atoms with E-state index in [1.54, 1.807) is 36.4 Å². The Bertz CT molecular complexity index is 3040. The molecule has 1 saturated heterocycles. The van der Waals surface area contributed by atoms with Crippen LogP contribution in [0.2, 0.25) is 20.1 Å². The number of quaternary nitrogens is 1. The fourth-order valence-electron chi connectivity index (χ4n) is 8.06. The Morgan fingerprint density at radius 1 is 0.982 bits per heavy atom. The van der Waals surface area contributed by atoms with Gasteiger partial charge in [0.15, 0.2) is 22.1 Å². The van der Waals surface area contributed by atoms with Crippen molar-refractivity contribution in [1.29, 1.82) is 0 Å². The highest BCUT2D eigenvalue weighted by Crippen LogP contribution is 2.56. The number of nitrogens with zero attached hydrogens (tertiary/aromatic N) is 7. The monoisotopic (exact) mass is 887 g/mol. The molecule has 12 nitrogen and oxygen atoms in total. The van der Waals surface area contributed by atoms with Crippen molar-refractivity contribution >= 4 is 119 Å². The molecule has 0 radical (unpaired) electrons. The van der Waals surface area contributed by atoms with E-state index in [4.69, 9.17) is 55.9 Å². The molecule has 8 rings (SSSR count). The first kappa shape index (κ1) is 39.7. The van der Waals surface area contributed by atoms with Crippen LogP contribution in [0, 0.1) is 0 Å². The lowest BCUT2D eigenvalue weighted by Gasteiger charge is -2.47. The van der Waals surface area contributed by atoms with E-state index in [2.05, 4.69) is 9.13 Å². The van der Waals surface area contributed by atoms with E-state index in [-0.39, 0.29) is 26.8 Å². The Morgan fingerprint density at radius 2 is 1.70 bits per heavy atom. The smallest absolute Gasteiger partial charge is 0.363 e. The van der Waals surface area contributed by atoms with E-state index < -0.39 is 21.1 Å². The summed E-state index contributed by atoms with van der Waals surface area (Å²) >= 11 is 27.3. The number of rotatable bonds is 8. The van der Waals surface area contributed by atoms with Crippen molar-refractivity contribution < 1.29 is 22.0 Å². The van der Waals surface area contributed by atoms with Gasteiger partial charge >= 0.3 is 15.7 Å². The number of oxazole rings is 1. The summed E-state index contributed by atoms with van der Waals surface area (Å²) in [6.07, 6.45) is 8.87. The molecule has 2 aliphatic heterocycles. The lowest BCUT2D eigenvalue weighted by Crippen LogP contribution is -2.68. The highest BCUT2D eigenvalue weighted by molar-refractivity contribution is 7.86. The molecule has 1 N–H and O–H groups in total. The van der Waals surface area contributed by atoms with Crippen LogP contribution in [-0.4, -0.2) is 45.2 Å². The second kappa shape index (κ2) is 14.9. The second-order valence-electron chi connectivity index (χ2n) is 13.6. The third-order valence-corrected chi connectivity index (χ3v) is 14.5. The Labute approximate surface area is 351 Å². The van der Waals surface area contributed by atoms with Gasteiger partial charge in [0.25, 0.3) is 5.82 Å². The van der Waals surface area contributed by atoms with Crippen LogP contribution in [0.15, 0.2) is 80.8 Å².